The molecule has 1 amide bonds. The lowest BCUT2D eigenvalue weighted by atomic mass is 9.98. The molecule has 27 heavy (non-hydrogen) atoms. The fraction of sp³-hybridized carbons (Fsp3) is 0.318. The highest BCUT2D eigenvalue weighted by Crippen LogP contribution is 2.34. The van der Waals surface area contributed by atoms with Crippen molar-refractivity contribution in [2.75, 3.05) is 4.90 Å². The van der Waals surface area contributed by atoms with Crippen LogP contribution in [0.4, 0.5) is 5.69 Å². The number of hydrogen-bond acceptors (Lipinski definition) is 3. The van der Waals surface area contributed by atoms with Crippen LogP contribution in [0.2, 0.25) is 0 Å². The van der Waals surface area contributed by atoms with Crippen molar-refractivity contribution in [2.24, 2.45) is 7.05 Å². The van der Waals surface area contributed by atoms with Crippen molar-refractivity contribution in [3.05, 3.63) is 53.7 Å². The molecule has 0 aliphatic heterocycles. The Morgan fingerprint density at radius 3 is 2.33 bits per heavy atom. The zero-order valence-corrected chi connectivity index (χ0v) is 16.4. The maximum atomic E-state index is 13.3. The summed E-state index contributed by atoms with van der Waals surface area (Å²) in [5.41, 5.74) is 2.63. The SMILES string of the molecule is CC(C)c1cc(C(=O)N(c2ccc3ccn(C)c3c2)C(C)C)c(O)cc1O. The number of aromatic nitrogens is 1. The Bertz CT molecular complexity index is 1000. The van der Waals surface area contributed by atoms with Gasteiger partial charge in [-0.15, -0.1) is 0 Å². The summed E-state index contributed by atoms with van der Waals surface area (Å²) in [4.78, 5) is 15.0. The molecule has 3 rings (SSSR count). The third-order valence-corrected chi connectivity index (χ3v) is 4.88. The van der Waals surface area contributed by atoms with E-state index >= 15 is 0 Å². The van der Waals surface area contributed by atoms with E-state index < -0.39 is 0 Å². The number of nitrogens with zero attached hydrogens (tertiary/aromatic N) is 2. The molecule has 0 saturated heterocycles. The lowest BCUT2D eigenvalue weighted by Crippen LogP contribution is -2.37. The van der Waals surface area contributed by atoms with E-state index in [1.165, 1.54) is 6.07 Å². The first kappa shape index (κ1) is 18.8. The van der Waals surface area contributed by atoms with Gasteiger partial charge in [0.2, 0.25) is 0 Å². The smallest absolute Gasteiger partial charge is 0.262 e. The van der Waals surface area contributed by atoms with Gasteiger partial charge < -0.3 is 19.7 Å². The molecule has 0 aliphatic rings. The van der Waals surface area contributed by atoms with E-state index in [-0.39, 0.29) is 34.9 Å². The number of amides is 1. The van der Waals surface area contributed by atoms with Gasteiger partial charge in [-0.3, -0.25) is 4.79 Å². The first-order valence-corrected chi connectivity index (χ1v) is 9.15. The number of hydrogen-bond donors (Lipinski definition) is 2. The van der Waals surface area contributed by atoms with Gasteiger partial charge in [0.15, 0.2) is 0 Å². The molecular formula is C22H26N2O3. The summed E-state index contributed by atoms with van der Waals surface area (Å²) >= 11 is 0. The molecule has 142 valence electrons. The van der Waals surface area contributed by atoms with Crippen LogP contribution in [0, 0.1) is 0 Å². The normalized spacial score (nSPS) is 11.5. The number of benzene rings is 2. The Balaban J connectivity index is 2.11. The number of carbonyl (C=O) groups excluding carboxylic acids is 1. The van der Waals surface area contributed by atoms with E-state index in [4.69, 9.17) is 0 Å². The van der Waals surface area contributed by atoms with E-state index in [0.29, 0.717) is 5.56 Å². The number of fused-ring (bicyclic) bond motifs is 1. The summed E-state index contributed by atoms with van der Waals surface area (Å²) in [6.45, 7) is 7.75. The van der Waals surface area contributed by atoms with E-state index in [0.717, 1.165) is 16.6 Å². The highest BCUT2D eigenvalue weighted by atomic mass is 16.3. The summed E-state index contributed by atoms with van der Waals surface area (Å²) in [6.07, 6.45) is 1.98. The summed E-state index contributed by atoms with van der Waals surface area (Å²) in [6, 6.07) is 10.7. The third-order valence-electron chi connectivity index (χ3n) is 4.88. The number of carbonyl (C=O) groups is 1. The molecular weight excluding hydrogens is 340 g/mol. The molecule has 0 radical (unpaired) electrons. The first-order valence-electron chi connectivity index (χ1n) is 9.15. The molecule has 5 nitrogen and oxygen atoms in total. The van der Waals surface area contributed by atoms with Crippen LogP contribution in [-0.2, 0) is 7.05 Å². The Kier molecular flexibility index (Phi) is 4.87. The molecule has 0 unspecified atom stereocenters. The molecule has 0 atom stereocenters. The summed E-state index contributed by atoms with van der Waals surface area (Å²) in [5, 5.41) is 21.5. The quantitative estimate of drug-likeness (QED) is 0.699. The van der Waals surface area contributed by atoms with Gasteiger partial charge in [-0.1, -0.05) is 19.9 Å². The summed E-state index contributed by atoms with van der Waals surface area (Å²) in [5.74, 6) is -0.477. The van der Waals surface area contributed by atoms with Crippen LogP contribution >= 0.6 is 0 Å². The van der Waals surface area contributed by atoms with E-state index in [9.17, 15) is 15.0 Å². The van der Waals surface area contributed by atoms with Crippen molar-refractivity contribution < 1.29 is 15.0 Å². The van der Waals surface area contributed by atoms with Crippen LogP contribution in [0.1, 0.15) is 49.5 Å². The van der Waals surface area contributed by atoms with Crippen molar-refractivity contribution in [2.45, 2.75) is 39.7 Å². The summed E-state index contributed by atoms with van der Waals surface area (Å²) < 4.78 is 2.01. The fourth-order valence-corrected chi connectivity index (χ4v) is 3.41. The molecule has 1 aromatic heterocycles. The molecule has 0 fully saturated rings. The molecule has 3 aromatic rings. The number of phenolic OH excluding ortho intramolecular Hbond substituents is 2. The lowest BCUT2D eigenvalue weighted by Gasteiger charge is -2.28. The molecule has 1 heterocycles. The monoisotopic (exact) mass is 366 g/mol. The highest BCUT2D eigenvalue weighted by Gasteiger charge is 2.25. The molecule has 2 aromatic carbocycles. The van der Waals surface area contributed by atoms with Gasteiger partial charge >= 0.3 is 0 Å². The van der Waals surface area contributed by atoms with Gasteiger partial charge in [0.25, 0.3) is 5.91 Å². The van der Waals surface area contributed by atoms with Gasteiger partial charge in [0, 0.05) is 36.6 Å². The van der Waals surface area contributed by atoms with Gasteiger partial charge in [0.1, 0.15) is 11.5 Å². The van der Waals surface area contributed by atoms with E-state index in [1.54, 1.807) is 11.0 Å². The second kappa shape index (κ2) is 6.99. The van der Waals surface area contributed by atoms with Gasteiger partial charge in [-0.05, 0) is 55.0 Å². The second-order valence-electron chi connectivity index (χ2n) is 7.52. The van der Waals surface area contributed by atoms with Crippen molar-refractivity contribution >= 4 is 22.5 Å². The fourth-order valence-electron chi connectivity index (χ4n) is 3.41. The maximum absolute atomic E-state index is 13.3. The average Bonchev–Trinajstić information content (AvgIpc) is 2.95. The average molecular weight is 366 g/mol. The Morgan fingerprint density at radius 2 is 1.70 bits per heavy atom. The molecule has 5 heteroatoms. The number of anilines is 1. The number of aryl methyl sites for hydroxylation is 1. The first-order chi connectivity index (χ1) is 12.7. The van der Waals surface area contributed by atoms with Crippen molar-refractivity contribution in [3.63, 3.8) is 0 Å². The zero-order chi connectivity index (χ0) is 19.9. The molecule has 0 saturated carbocycles. The van der Waals surface area contributed by atoms with Crippen LogP contribution in [0.15, 0.2) is 42.6 Å². The Labute approximate surface area is 159 Å². The predicted octanol–water partition coefficient (Wildman–Crippen LogP) is 4.77. The molecule has 0 spiro atoms. The van der Waals surface area contributed by atoms with Crippen LogP contribution in [0.25, 0.3) is 10.9 Å². The number of phenols is 2. The van der Waals surface area contributed by atoms with Gasteiger partial charge in [0.05, 0.1) is 5.56 Å². The largest absolute Gasteiger partial charge is 0.508 e. The van der Waals surface area contributed by atoms with Gasteiger partial charge in [-0.25, -0.2) is 0 Å². The van der Waals surface area contributed by atoms with E-state index in [1.807, 2.05) is 69.8 Å². The Morgan fingerprint density at radius 1 is 1.00 bits per heavy atom. The minimum absolute atomic E-state index is 0.000349. The molecule has 0 bridgehead atoms. The minimum atomic E-state index is -0.294. The predicted molar refractivity (Wildman–Crippen MR) is 109 cm³/mol. The summed E-state index contributed by atoms with van der Waals surface area (Å²) in [7, 11) is 1.97. The lowest BCUT2D eigenvalue weighted by molar-refractivity contribution is 0.0977. The standard InChI is InChI=1S/C22H26N2O3/c1-13(2)17-11-18(21(26)12-20(17)25)22(27)24(14(3)4)16-7-6-15-8-9-23(5)19(15)10-16/h6-14,25-26H,1-5H3. The number of aromatic hydroxyl groups is 2. The van der Waals surface area contributed by atoms with Crippen LogP contribution in [0.3, 0.4) is 0 Å². The molecule has 2 N–H and O–H groups in total. The maximum Gasteiger partial charge on any atom is 0.262 e. The van der Waals surface area contributed by atoms with Crippen LogP contribution in [-0.4, -0.2) is 26.7 Å². The van der Waals surface area contributed by atoms with Crippen molar-refractivity contribution in [1.29, 1.82) is 0 Å². The second-order valence-corrected chi connectivity index (χ2v) is 7.52. The minimum Gasteiger partial charge on any atom is -0.508 e. The van der Waals surface area contributed by atoms with E-state index in [2.05, 4.69) is 0 Å². The zero-order valence-electron chi connectivity index (χ0n) is 16.4. The third kappa shape index (κ3) is 3.37. The topological polar surface area (TPSA) is 65.7 Å². The highest BCUT2D eigenvalue weighted by molar-refractivity contribution is 6.09. The van der Waals surface area contributed by atoms with Crippen LogP contribution < -0.4 is 4.90 Å². The van der Waals surface area contributed by atoms with Gasteiger partial charge in [-0.2, -0.15) is 0 Å². The van der Waals surface area contributed by atoms with Crippen LogP contribution in [0.5, 0.6) is 11.5 Å². The molecule has 0 aliphatic carbocycles. The van der Waals surface area contributed by atoms with Crippen molar-refractivity contribution in [1.82, 2.24) is 4.57 Å². The number of rotatable bonds is 4. The van der Waals surface area contributed by atoms with Crippen molar-refractivity contribution in [3.8, 4) is 11.5 Å². The Hall–Kier alpha value is -2.95.